The van der Waals surface area contributed by atoms with Crippen molar-refractivity contribution in [1.82, 2.24) is 4.98 Å². The molecule has 0 amide bonds. The third-order valence-corrected chi connectivity index (χ3v) is 3.13. The number of hydrogen-bond acceptors (Lipinski definition) is 3. The van der Waals surface area contributed by atoms with E-state index in [-0.39, 0.29) is 17.2 Å². The van der Waals surface area contributed by atoms with Gasteiger partial charge in [-0.15, -0.1) is 0 Å². The summed E-state index contributed by atoms with van der Waals surface area (Å²) in [5, 5.41) is 9.03. The van der Waals surface area contributed by atoms with Crippen molar-refractivity contribution in [3.63, 3.8) is 0 Å². The first-order chi connectivity index (χ1) is 8.49. The summed E-state index contributed by atoms with van der Waals surface area (Å²) in [6.45, 7) is 0. The largest absolute Gasteiger partial charge is 0.478 e. The maximum absolute atomic E-state index is 12.8. The lowest BCUT2D eigenvalue weighted by Crippen LogP contribution is -2.03. The number of halogens is 2. The Morgan fingerprint density at radius 3 is 2.50 bits per heavy atom. The van der Waals surface area contributed by atoms with Crippen LogP contribution in [0, 0.1) is 5.82 Å². The van der Waals surface area contributed by atoms with Crippen LogP contribution in [0.3, 0.4) is 0 Å². The molecule has 2 rings (SSSR count). The van der Waals surface area contributed by atoms with Crippen LogP contribution in [0.25, 0.3) is 11.3 Å². The minimum atomic E-state index is -1.11. The summed E-state index contributed by atoms with van der Waals surface area (Å²) in [7, 11) is 0. The first-order valence-corrected chi connectivity index (χ1v) is 5.73. The van der Waals surface area contributed by atoms with Crippen molar-refractivity contribution in [3.05, 3.63) is 46.2 Å². The van der Waals surface area contributed by atoms with Gasteiger partial charge in [0, 0.05) is 5.56 Å². The van der Waals surface area contributed by atoms with Crippen LogP contribution in [0.5, 0.6) is 0 Å². The SMILES string of the molecule is Nc1cc(C(=O)O)c(Br)c(-c2ccc(F)cc2)n1. The minimum Gasteiger partial charge on any atom is -0.478 e. The average molecular weight is 311 g/mol. The first-order valence-electron chi connectivity index (χ1n) is 4.94. The number of aromatic nitrogens is 1. The van der Waals surface area contributed by atoms with Gasteiger partial charge in [0.25, 0.3) is 0 Å². The Morgan fingerprint density at radius 1 is 1.33 bits per heavy atom. The molecule has 18 heavy (non-hydrogen) atoms. The van der Waals surface area contributed by atoms with Gasteiger partial charge < -0.3 is 10.8 Å². The molecular formula is C12H8BrFN2O2. The maximum Gasteiger partial charge on any atom is 0.337 e. The number of nitrogens with two attached hydrogens (primary N) is 1. The van der Waals surface area contributed by atoms with Gasteiger partial charge in [-0.1, -0.05) is 0 Å². The molecule has 0 fully saturated rings. The number of rotatable bonds is 2. The monoisotopic (exact) mass is 310 g/mol. The van der Waals surface area contributed by atoms with E-state index in [1.54, 1.807) is 0 Å². The molecule has 1 heterocycles. The van der Waals surface area contributed by atoms with Crippen LogP contribution in [0.4, 0.5) is 10.2 Å². The number of benzene rings is 1. The molecule has 0 aliphatic heterocycles. The van der Waals surface area contributed by atoms with Crippen molar-refractivity contribution in [2.24, 2.45) is 0 Å². The Bertz CT molecular complexity index is 614. The molecule has 0 unspecified atom stereocenters. The summed E-state index contributed by atoms with van der Waals surface area (Å²) in [5.41, 5.74) is 6.53. The van der Waals surface area contributed by atoms with E-state index in [0.717, 1.165) is 0 Å². The molecule has 92 valence electrons. The van der Waals surface area contributed by atoms with Crippen molar-refractivity contribution in [1.29, 1.82) is 0 Å². The lowest BCUT2D eigenvalue weighted by atomic mass is 10.1. The van der Waals surface area contributed by atoms with E-state index < -0.39 is 5.97 Å². The van der Waals surface area contributed by atoms with Crippen LogP contribution in [0.15, 0.2) is 34.8 Å². The highest BCUT2D eigenvalue weighted by atomic mass is 79.9. The van der Waals surface area contributed by atoms with Crippen LogP contribution >= 0.6 is 15.9 Å². The molecule has 0 saturated heterocycles. The highest BCUT2D eigenvalue weighted by Gasteiger charge is 2.16. The Balaban J connectivity index is 2.64. The topological polar surface area (TPSA) is 76.2 Å². The number of hydrogen-bond donors (Lipinski definition) is 2. The number of pyridine rings is 1. The summed E-state index contributed by atoms with van der Waals surface area (Å²) in [5.74, 6) is -1.40. The summed E-state index contributed by atoms with van der Waals surface area (Å²) in [4.78, 5) is 15.1. The van der Waals surface area contributed by atoms with Crippen molar-refractivity contribution < 1.29 is 14.3 Å². The fourth-order valence-electron chi connectivity index (χ4n) is 1.50. The number of anilines is 1. The molecule has 0 bridgehead atoms. The standard InChI is InChI=1S/C12H8BrFN2O2/c13-10-8(12(17)18)5-9(15)16-11(10)6-1-3-7(14)4-2-6/h1-5H,(H2,15,16)(H,17,18). The van der Waals surface area contributed by atoms with E-state index in [1.807, 2.05) is 0 Å². The van der Waals surface area contributed by atoms with E-state index in [2.05, 4.69) is 20.9 Å². The minimum absolute atomic E-state index is 0.0156. The highest BCUT2D eigenvalue weighted by molar-refractivity contribution is 9.10. The summed E-state index contributed by atoms with van der Waals surface area (Å²) in [6, 6.07) is 6.82. The summed E-state index contributed by atoms with van der Waals surface area (Å²) in [6.07, 6.45) is 0. The number of carbonyl (C=O) groups is 1. The molecule has 0 saturated carbocycles. The third kappa shape index (κ3) is 2.33. The van der Waals surface area contributed by atoms with E-state index >= 15 is 0 Å². The fraction of sp³-hybridized carbons (Fsp3) is 0. The fourth-order valence-corrected chi connectivity index (χ4v) is 2.11. The second-order valence-corrected chi connectivity index (χ2v) is 4.36. The predicted octanol–water partition coefficient (Wildman–Crippen LogP) is 2.93. The van der Waals surface area contributed by atoms with Gasteiger partial charge in [0.05, 0.1) is 15.7 Å². The average Bonchev–Trinajstić information content (AvgIpc) is 2.32. The Labute approximate surface area is 110 Å². The molecule has 6 heteroatoms. The third-order valence-electron chi connectivity index (χ3n) is 2.33. The molecule has 0 aliphatic rings. The molecule has 0 atom stereocenters. The van der Waals surface area contributed by atoms with E-state index in [0.29, 0.717) is 15.7 Å². The number of aromatic carboxylic acids is 1. The van der Waals surface area contributed by atoms with Crippen molar-refractivity contribution >= 4 is 27.7 Å². The number of carboxylic acids is 1. The molecule has 3 N–H and O–H groups in total. The second-order valence-electron chi connectivity index (χ2n) is 3.57. The van der Waals surface area contributed by atoms with E-state index in [9.17, 15) is 9.18 Å². The van der Waals surface area contributed by atoms with E-state index in [1.165, 1.54) is 30.3 Å². The molecule has 0 radical (unpaired) electrons. The Hall–Kier alpha value is -1.95. The lowest BCUT2D eigenvalue weighted by Gasteiger charge is -2.08. The number of carboxylic acid groups (broad SMARTS) is 1. The maximum atomic E-state index is 12.8. The molecule has 0 aliphatic carbocycles. The zero-order chi connectivity index (χ0) is 13.3. The number of nitrogens with zero attached hydrogens (tertiary/aromatic N) is 1. The molecule has 0 spiro atoms. The van der Waals surface area contributed by atoms with Crippen LogP contribution < -0.4 is 5.73 Å². The molecule has 1 aromatic carbocycles. The van der Waals surface area contributed by atoms with Crippen molar-refractivity contribution in [3.8, 4) is 11.3 Å². The molecular weight excluding hydrogens is 303 g/mol. The quantitative estimate of drug-likeness (QED) is 0.894. The van der Waals surface area contributed by atoms with Gasteiger partial charge in [-0.05, 0) is 46.3 Å². The Morgan fingerprint density at radius 2 is 1.94 bits per heavy atom. The van der Waals surface area contributed by atoms with Crippen molar-refractivity contribution in [2.75, 3.05) is 5.73 Å². The smallest absolute Gasteiger partial charge is 0.337 e. The van der Waals surface area contributed by atoms with Gasteiger partial charge in [-0.2, -0.15) is 0 Å². The van der Waals surface area contributed by atoms with Crippen molar-refractivity contribution in [2.45, 2.75) is 0 Å². The first kappa shape index (κ1) is 12.5. The zero-order valence-electron chi connectivity index (χ0n) is 9.02. The lowest BCUT2D eigenvalue weighted by molar-refractivity contribution is 0.0696. The second kappa shape index (κ2) is 4.73. The predicted molar refractivity (Wildman–Crippen MR) is 68.7 cm³/mol. The number of nitrogen functional groups attached to an aromatic ring is 1. The van der Waals surface area contributed by atoms with Gasteiger partial charge in [0.1, 0.15) is 11.6 Å². The van der Waals surface area contributed by atoms with Gasteiger partial charge in [-0.25, -0.2) is 14.2 Å². The van der Waals surface area contributed by atoms with E-state index in [4.69, 9.17) is 10.8 Å². The molecule has 2 aromatic rings. The van der Waals surface area contributed by atoms with Gasteiger partial charge in [0.15, 0.2) is 0 Å². The van der Waals surface area contributed by atoms with Crippen LogP contribution in [0.1, 0.15) is 10.4 Å². The van der Waals surface area contributed by atoms with Gasteiger partial charge in [-0.3, -0.25) is 0 Å². The normalized spacial score (nSPS) is 10.3. The summed E-state index contributed by atoms with van der Waals surface area (Å²) < 4.78 is 13.2. The summed E-state index contributed by atoms with van der Waals surface area (Å²) >= 11 is 3.18. The van der Waals surface area contributed by atoms with Crippen LogP contribution in [0.2, 0.25) is 0 Å². The molecule has 1 aromatic heterocycles. The Kier molecular flexibility index (Phi) is 3.29. The zero-order valence-corrected chi connectivity index (χ0v) is 10.6. The van der Waals surface area contributed by atoms with Gasteiger partial charge >= 0.3 is 5.97 Å². The van der Waals surface area contributed by atoms with Gasteiger partial charge in [0.2, 0.25) is 0 Å². The van der Waals surface area contributed by atoms with Crippen LogP contribution in [-0.4, -0.2) is 16.1 Å². The highest BCUT2D eigenvalue weighted by Crippen LogP contribution is 2.30. The molecule has 4 nitrogen and oxygen atoms in total. The van der Waals surface area contributed by atoms with Crippen LogP contribution in [-0.2, 0) is 0 Å².